The number of hydrogen-bond donors (Lipinski definition) is 1. The molecule has 0 fully saturated rings. The normalized spacial score (nSPS) is 12.6. The lowest BCUT2D eigenvalue weighted by Crippen LogP contribution is -2.30. The summed E-state index contributed by atoms with van der Waals surface area (Å²) < 4.78 is 5.05. The molecule has 1 aromatic carbocycles. The summed E-state index contributed by atoms with van der Waals surface area (Å²) in [4.78, 5) is 11.2. The fourth-order valence-electron chi connectivity index (χ4n) is 1.13. The van der Waals surface area contributed by atoms with Crippen LogP contribution in [0.2, 0.25) is 0 Å². The number of ether oxygens (including phenoxy) is 1. The summed E-state index contributed by atoms with van der Waals surface area (Å²) in [6.07, 6.45) is 0. The SMILES string of the molecule is CC(C)c1ccc(OC(=O)[C@H](C)N)cc1. The van der Waals surface area contributed by atoms with Crippen LogP contribution in [0.1, 0.15) is 32.3 Å². The highest BCUT2D eigenvalue weighted by Gasteiger charge is 2.09. The second-order valence-electron chi connectivity index (χ2n) is 3.93. The van der Waals surface area contributed by atoms with Gasteiger partial charge in [0, 0.05) is 0 Å². The molecule has 0 aliphatic carbocycles. The molecule has 0 aliphatic rings. The van der Waals surface area contributed by atoms with E-state index in [9.17, 15) is 4.79 Å². The Balaban J connectivity index is 2.69. The number of rotatable bonds is 3. The molecule has 1 aromatic rings. The van der Waals surface area contributed by atoms with Crippen molar-refractivity contribution >= 4 is 5.97 Å². The Morgan fingerprint density at radius 3 is 2.13 bits per heavy atom. The maximum atomic E-state index is 11.2. The lowest BCUT2D eigenvalue weighted by molar-refractivity contribution is -0.135. The number of esters is 1. The smallest absolute Gasteiger partial charge is 0.328 e. The number of carbonyl (C=O) groups excluding carboxylic acids is 1. The third kappa shape index (κ3) is 3.36. The standard InChI is InChI=1S/C12H17NO2/c1-8(2)10-4-6-11(7-5-10)15-12(14)9(3)13/h4-9H,13H2,1-3H3/t9-/m0/s1. The molecule has 15 heavy (non-hydrogen) atoms. The van der Waals surface area contributed by atoms with Gasteiger partial charge in [0.2, 0.25) is 0 Å². The Hall–Kier alpha value is -1.35. The van der Waals surface area contributed by atoms with Crippen LogP contribution in [0.5, 0.6) is 5.75 Å². The average molecular weight is 207 g/mol. The van der Waals surface area contributed by atoms with Gasteiger partial charge in [-0.1, -0.05) is 26.0 Å². The van der Waals surface area contributed by atoms with Crippen molar-refractivity contribution in [2.45, 2.75) is 32.7 Å². The van der Waals surface area contributed by atoms with E-state index in [4.69, 9.17) is 10.5 Å². The first-order chi connectivity index (χ1) is 7.00. The van der Waals surface area contributed by atoms with E-state index in [0.29, 0.717) is 11.7 Å². The Morgan fingerprint density at radius 1 is 1.20 bits per heavy atom. The lowest BCUT2D eigenvalue weighted by atomic mass is 10.0. The average Bonchev–Trinajstić information content (AvgIpc) is 2.18. The third-order valence-corrected chi connectivity index (χ3v) is 2.14. The Kier molecular flexibility index (Phi) is 3.86. The van der Waals surface area contributed by atoms with Gasteiger partial charge >= 0.3 is 5.97 Å². The van der Waals surface area contributed by atoms with Gasteiger partial charge < -0.3 is 10.5 Å². The van der Waals surface area contributed by atoms with Crippen molar-refractivity contribution in [3.8, 4) is 5.75 Å². The molecule has 1 atom stereocenters. The molecule has 2 N–H and O–H groups in total. The zero-order valence-electron chi connectivity index (χ0n) is 9.36. The molecular formula is C12H17NO2. The molecule has 0 unspecified atom stereocenters. The molecular weight excluding hydrogens is 190 g/mol. The quantitative estimate of drug-likeness (QED) is 0.609. The summed E-state index contributed by atoms with van der Waals surface area (Å²) in [5.41, 5.74) is 6.61. The highest BCUT2D eigenvalue weighted by molar-refractivity contribution is 5.77. The minimum Gasteiger partial charge on any atom is -0.425 e. The first-order valence-electron chi connectivity index (χ1n) is 5.08. The summed E-state index contributed by atoms with van der Waals surface area (Å²) in [6.45, 7) is 5.83. The van der Waals surface area contributed by atoms with Crippen LogP contribution in [0.3, 0.4) is 0 Å². The van der Waals surface area contributed by atoms with Crippen LogP contribution in [0.15, 0.2) is 24.3 Å². The Labute approximate surface area is 90.2 Å². The summed E-state index contributed by atoms with van der Waals surface area (Å²) in [5.74, 6) is 0.609. The summed E-state index contributed by atoms with van der Waals surface area (Å²) in [7, 11) is 0. The van der Waals surface area contributed by atoms with Crippen LogP contribution < -0.4 is 10.5 Å². The second kappa shape index (κ2) is 4.94. The molecule has 0 saturated carbocycles. The van der Waals surface area contributed by atoms with E-state index < -0.39 is 12.0 Å². The Morgan fingerprint density at radius 2 is 1.73 bits per heavy atom. The fraction of sp³-hybridized carbons (Fsp3) is 0.417. The highest BCUT2D eigenvalue weighted by atomic mass is 16.5. The van der Waals surface area contributed by atoms with Crippen LogP contribution >= 0.6 is 0 Å². The molecule has 0 heterocycles. The van der Waals surface area contributed by atoms with Gasteiger partial charge in [-0.25, -0.2) is 4.79 Å². The predicted molar refractivity (Wildman–Crippen MR) is 59.8 cm³/mol. The van der Waals surface area contributed by atoms with Gasteiger partial charge in [0.25, 0.3) is 0 Å². The summed E-state index contributed by atoms with van der Waals surface area (Å²) in [5, 5.41) is 0. The Bertz CT molecular complexity index is 328. The van der Waals surface area contributed by atoms with Crippen molar-refractivity contribution in [1.29, 1.82) is 0 Å². The van der Waals surface area contributed by atoms with Crippen molar-refractivity contribution in [2.75, 3.05) is 0 Å². The molecule has 3 heteroatoms. The van der Waals surface area contributed by atoms with E-state index in [0.717, 1.165) is 0 Å². The minimum atomic E-state index is -0.588. The van der Waals surface area contributed by atoms with Gasteiger partial charge in [0.05, 0.1) is 0 Å². The maximum Gasteiger partial charge on any atom is 0.328 e. The molecule has 82 valence electrons. The number of nitrogens with two attached hydrogens (primary N) is 1. The molecule has 0 aliphatic heterocycles. The van der Waals surface area contributed by atoms with Gasteiger partial charge in [0.15, 0.2) is 0 Å². The van der Waals surface area contributed by atoms with Crippen LogP contribution in [-0.4, -0.2) is 12.0 Å². The lowest BCUT2D eigenvalue weighted by Gasteiger charge is -2.08. The molecule has 0 amide bonds. The molecule has 3 nitrogen and oxygen atoms in total. The van der Waals surface area contributed by atoms with E-state index in [1.165, 1.54) is 5.56 Å². The van der Waals surface area contributed by atoms with Crippen molar-refractivity contribution in [1.82, 2.24) is 0 Å². The van der Waals surface area contributed by atoms with Crippen molar-refractivity contribution in [3.05, 3.63) is 29.8 Å². The monoisotopic (exact) mass is 207 g/mol. The van der Waals surface area contributed by atoms with Gasteiger partial charge in [0.1, 0.15) is 11.8 Å². The minimum absolute atomic E-state index is 0.410. The zero-order chi connectivity index (χ0) is 11.4. The number of hydrogen-bond acceptors (Lipinski definition) is 3. The van der Waals surface area contributed by atoms with Crippen LogP contribution in [-0.2, 0) is 4.79 Å². The van der Waals surface area contributed by atoms with Crippen LogP contribution in [0, 0.1) is 0 Å². The van der Waals surface area contributed by atoms with E-state index >= 15 is 0 Å². The van der Waals surface area contributed by atoms with Crippen molar-refractivity contribution in [3.63, 3.8) is 0 Å². The third-order valence-electron chi connectivity index (χ3n) is 2.14. The van der Waals surface area contributed by atoms with E-state index in [1.54, 1.807) is 19.1 Å². The van der Waals surface area contributed by atoms with Gasteiger partial charge in [-0.2, -0.15) is 0 Å². The van der Waals surface area contributed by atoms with E-state index in [-0.39, 0.29) is 0 Å². The summed E-state index contributed by atoms with van der Waals surface area (Å²) >= 11 is 0. The number of benzene rings is 1. The van der Waals surface area contributed by atoms with E-state index in [1.807, 2.05) is 12.1 Å². The largest absolute Gasteiger partial charge is 0.425 e. The zero-order valence-corrected chi connectivity index (χ0v) is 9.36. The molecule has 0 saturated heterocycles. The molecule has 0 bridgehead atoms. The summed E-state index contributed by atoms with van der Waals surface area (Å²) in [6, 6.07) is 6.89. The van der Waals surface area contributed by atoms with Crippen molar-refractivity contribution < 1.29 is 9.53 Å². The molecule has 1 rings (SSSR count). The van der Waals surface area contributed by atoms with E-state index in [2.05, 4.69) is 13.8 Å². The first kappa shape index (κ1) is 11.7. The topological polar surface area (TPSA) is 52.3 Å². The fourth-order valence-corrected chi connectivity index (χ4v) is 1.13. The van der Waals surface area contributed by atoms with Gasteiger partial charge in [-0.05, 0) is 30.5 Å². The molecule has 0 aromatic heterocycles. The predicted octanol–water partition coefficient (Wildman–Crippen LogP) is 2.06. The van der Waals surface area contributed by atoms with Crippen LogP contribution in [0.4, 0.5) is 0 Å². The van der Waals surface area contributed by atoms with Gasteiger partial charge in [-0.3, -0.25) is 0 Å². The first-order valence-corrected chi connectivity index (χ1v) is 5.08. The van der Waals surface area contributed by atoms with Crippen molar-refractivity contribution in [2.24, 2.45) is 5.73 Å². The molecule has 0 radical (unpaired) electrons. The van der Waals surface area contributed by atoms with Crippen LogP contribution in [0.25, 0.3) is 0 Å². The number of carbonyl (C=O) groups is 1. The second-order valence-corrected chi connectivity index (χ2v) is 3.93. The van der Waals surface area contributed by atoms with Gasteiger partial charge in [-0.15, -0.1) is 0 Å². The molecule has 0 spiro atoms. The highest BCUT2D eigenvalue weighted by Crippen LogP contribution is 2.18. The maximum absolute atomic E-state index is 11.2.